The molecule has 0 aliphatic heterocycles. The van der Waals surface area contributed by atoms with E-state index in [-0.39, 0.29) is 0 Å². The minimum absolute atomic E-state index is 0.492. The van der Waals surface area contributed by atoms with E-state index in [0.29, 0.717) is 18.5 Å². The van der Waals surface area contributed by atoms with Gasteiger partial charge < -0.3 is 15.5 Å². The second-order valence-corrected chi connectivity index (χ2v) is 5.88. The van der Waals surface area contributed by atoms with Crippen LogP contribution < -0.4 is 11.1 Å². The Labute approximate surface area is 125 Å². The summed E-state index contributed by atoms with van der Waals surface area (Å²) in [7, 11) is 0. The van der Waals surface area contributed by atoms with Crippen LogP contribution in [0.4, 0.5) is 0 Å². The van der Waals surface area contributed by atoms with E-state index in [1.54, 1.807) is 0 Å². The lowest BCUT2D eigenvalue weighted by Crippen LogP contribution is -2.41. The van der Waals surface area contributed by atoms with Gasteiger partial charge in [0.05, 0.1) is 12.2 Å². The number of fused-ring (bicyclic) bond motifs is 1. The number of imidazole rings is 1. The maximum atomic E-state index is 5.98. The highest BCUT2D eigenvalue weighted by Crippen LogP contribution is 2.17. The van der Waals surface area contributed by atoms with Crippen LogP contribution in [0.3, 0.4) is 0 Å². The first-order valence-electron chi connectivity index (χ1n) is 7.71. The standard InChI is InChI=1S/C16H23N5/c1-12-7-8-21-11-14(19-15(21)9-12)10-18-16(17)20-13-5-3-2-4-6-13/h7-9,11,13H,2-6,10H2,1H3,(H3,17,18,20). The van der Waals surface area contributed by atoms with Crippen LogP contribution in [0.5, 0.6) is 0 Å². The molecule has 2 heterocycles. The van der Waals surface area contributed by atoms with Gasteiger partial charge in [-0.1, -0.05) is 19.3 Å². The first-order chi connectivity index (χ1) is 10.2. The van der Waals surface area contributed by atoms with Crippen LogP contribution in [0.2, 0.25) is 0 Å². The van der Waals surface area contributed by atoms with Crippen molar-refractivity contribution >= 4 is 11.6 Å². The lowest BCUT2D eigenvalue weighted by molar-refractivity contribution is 0.412. The maximum absolute atomic E-state index is 5.98. The van der Waals surface area contributed by atoms with Crippen LogP contribution >= 0.6 is 0 Å². The number of aromatic nitrogens is 2. The third-order valence-corrected chi connectivity index (χ3v) is 4.03. The number of rotatable bonds is 3. The molecule has 0 atom stereocenters. The molecule has 0 spiro atoms. The number of aliphatic imine (C=N–C) groups is 1. The molecule has 112 valence electrons. The molecule has 0 saturated heterocycles. The predicted octanol–water partition coefficient (Wildman–Crippen LogP) is 2.38. The molecular weight excluding hydrogens is 262 g/mol. The molecule has 3 rings (SSSR count). The van der Waals surface area contributed by atoms with Gasteiger partial charge in [0.2, 0.25) is 0 Å². The van der Waals surface area contributed by atoms with Crippen molar-refractivity contribution in [2.75, 3.05) is 0 Å². The smallest absolute Gasteiger partial charge is 0.189 e. The van der Waals surface area contributed by atoms with E-state index in [4.69, 9.17) is 5.73 Å². The largest absolute Gasteiger partial charge is 0.370 e. The summed E-state index contributed by atoms with van der Waals surface area (Å²) in [4.78, 5) is 8.98. The highest BCUT2D eigenvalue weighted by Gasteiger charge is 2.13. The van der Waals surface area contributed by atoms with Gasteiger partial charge in [0, 0.05) is 18.4 Å². The van der Waals surface area contributed by atoms with Gasteiger partial charge in [-0.05, 0) is 37.5 Å². The van der Waals surface area contributed by atoms with E-state index in [2.05, 4.69) is 34.3 Å². The number of nitrogens with two attached hydrogens (primary N) is 1. The molecule has 1 aliphatic carbocycles. The van der Waals surface area contributed by atoms with Gasteiger partial charge >= 0.3 is 0 Å². The number of guanidine groups is 1. The van der Waals surface area contributed by atoms with Gasteiger partial charge in [0.1, 0.15) is 5.65 Å². The van der Waals surface area contributed by atoms with Crippen molar-refractivity contribution < 1.29 is 0 Å². The molecule has 0 unspecified atom stereocenters. The normalized spacial score (nSPS) is 17.3. The van der Waals surface area contributed by atoms with Crippen molar-refractivity contribution in [3.63, 3.8) is 0 Å². The van der Waals surface area contributed by atoms with Crippen LogP contribution in [-0.4, -0.2) is 21.4 Å². The van der Waals surface area contributed by atoms with E-state index in [0.717, 1.165) is 11.3 Å². The van der Waals surface area contributed by atoms with Gasteiger partial charge in [-0.25, -0.2) is 9.98 Å². The fraction of sp³-hybridized carbons (Fsp3) is 0.500. The molecule has 21 heavy (non-hydrogen) atoms. The lowest BCUT2D eigenvalue weighted by atomic mass is 9.96. The summed E-state index contributed by atoms with van der Waals surface area (Å²) >= 11 is 0. The van der Waals surface area contributed by atoms with Crippen LogP contribution in [0.15, 0.2) is 29.5 Å². The molecule has 2 aromatic rings. The highest BCUT2D eigenvalue weighted by molar-refractivity contribution is 5.78. The Morgan fingerprint density at radius 1 is 1.43 bits per heavy atom. The zero-order chi connectivity index (χ0) is 14.7. The average Bonchev–Trinajstić information content (AvgIpc) is 2.88. The molecule has 5 heteroatoms. The zero-order valence-electron chi connectivity index (χ0n) is 12.5. The molecule has 3 N–H and O–H groups in total. The average molecular weight is 285 g/mol. The van der Waals surface area contributed by atoms with E-state index in [9.17, 15) is 0 Å². The van der Waals surface area contributed by atoms with Gasteiger partial charge in [-0.2, -0.15) is 0 Å². The summed E-state index contributed by atoms with van der Waals surface area (Å²) < 4.78 is 2.02. The van der Waals surface area contributed by atoms with E-state index >= 15 is 0 Å². The summed E-state index contributed by atoms with van der Waals surface area (Å²) in [5.41, 5.74) is 9.08. The van der Waals surface area contributed by atoms with Crippen LogP contribution in [0.1, 0.15) is 43.4 Å². The summed E-state index contributed by atoms with van der Waals surface area (Å²) in [6.45, 7) is 2.59. The number of pyridine rings is 1. The summed E-state index contributed by atoms with van der Waals surface area (Å²) in [5, 5.41) is 3.33. The molecule has 1 aliphatic rings. The third-order valence-electron chi connectivity index (χ3n) is 4.03. The Bertz CT molecular complexity index is 637. The molecule has 5 nitrogen and oxygen atoms in total. The Kier molecular flexibility index (Phi) is 4.08. The van der Waals surface area contributed by atoms with E-state index in [1.165, 1.54) is 37.7 Å². The molecule has 0 radical (unpaired) electrons. The number of hydrogen-bond donors (Lipinski definition) is 2. The Morgan fingerprint density at radius 2 is 2.24 bits per heavy atom. The first-order valence-corrected chi connectivity index (χ1v) is 7.71. The molecule has 1 fully saturated rings. The van der Waals surface area contributed by atoms with E-state index < -0.39 is 0 Å². The van der Waals surface area contributed by atoms with Crippen molar-refractivity contribution in [2.45, 2.75) is 51.6 Å². The Hall–Kier alpha value is -2.04. The molecule has 1 saturated carbocycles. The topological polar surface area (TPSA) is 67.7 Å². The Balaban J connectivity index is 1.62. The second-order valence-electron chi connectivity index (χ2n) is 5.88. The molecule has 0 aromatic carbocycles. The Morgan fingerprint density at radius 3 is 3.05 bits per heavy atom. The van der Waals surface area contributed by atoms with Gasteiger partial charge in [0.15, 0.2) is 5.96 Å². The van der Waals surface area contributed by atoms with Gasteiger partial charge in [-0.3, -0.25) is 0 Å². The molecule has 2 aromatic heterocycles. The number of nitrogens with zero attached hydrogens (tertiary/aromatic N) is 3. The third kappa shape index (κ3) is 3.54. The minimum Gasteiger partial charge on any atom is -0.370 e. The first kappa shape index (κ1) is 13.9. The summed E-state index contributed by atoms with van der Waals surface area (Å²) in [6, 6.07) is 4.63. The quantitative estimate of drug-likeness (QED) is 0.672. The van der Waals surface area contributed by atoms with Crippen molar-refractivity contribution in [3.05, 3.63) is 35.8 Å². The number of nitrogens with one attached hydrogen (secondary N) is 1. The van der Waals surface area contributed by atoms with Gasteiger partial charge in [0.25, 0.3) is 0 Å². The monoisotopic (exact) mass is 285 g/mol. The highest BCUT2D eigenvalue weighted by atomic mass is 15.1. The molecular formula is C16H23N5. The lowest BCUT2D eigenvalue weighted by Gasteiger charge is -2.23. The predicted molar refractivity (Wildman–Crippen MR) is 85.3 cm³/mol. The summed E-state index contributed by atoms with van der Waals surface area (Å²) in [6.07, 6.45) is 10.3. The molecule has 0 amide bonds. The molecule has 0 bridgehead atoms. The fourth-order valence-corrected chi connectivity index (χ4v) is 2.88. The number of aryl methyl sites for hydroxylation is 1. The van der Waals surface area contributed by atoms with Crippen molar-refractivity contribution in [1.82, 2.24) is 14.7 Å². The van der Waals surface area contributed by atoms with Crippen LogP contribution in [0.25, 0.3) is 5.65 Å². The van der Waals surface area contributed by atoms with Crippen molar-refractivity contribution in [2.24, 2.45) is 10.7 Å². The zero-order valence-corrected chi connectivity index (χ0v) is 12.5. The van der Waals surface area contributed by atoms with Crippen LogP contribution in [-0.2, 0) is 6.54 Å². The number of hydrogen-bond acceptors (Lipinski definition) is 2. The fourth-order valence-electron chi connectivity index (χ4n) is 2.88. The SMILES string of the molecule is Cc1ccn2cc(CN=C(N)NC3CCCCC3)nc2c1. The second kappa shape index (κ2) is 6.16. The van der Waals surface area contributed by atoms with Crippen LogP contribution in [0, 0.1) is 6.92 Å². The maximum Gasteiger partial charge on any atom is 0.189 e. The van der Waals surface area contributed by atoms with Crippen molar-refractivity contribution in [1.29, 1.82) is 0 Å². The van der Waals surface area contributed by atoms with Crippen molar-refractivity contribution in [3.8, 4) is 0 Å². The van der Waals surface area contributed by atoms with E-state index in [1.807, 2.05) is 16.8 Å². The van der Waals surface area contributed by atoms with Gasteiger partial charge in [-0.15, -0.1) is 0 Å². The minimum atomic E-state index is 0.492. The summed E-state index contributed by atoms with van der Waals surface area (Å²) in [5.74, 6) is 0.537.